The van der Waals surface area contributed by atoms with Gasteiger partial charge >= 0.3 is 5.97 Å². The summed E-state index contributed by atoms with van der Waals surface area (Å²) in [6, 6.07) is 9.87. The third-order valence-electron chi connectivity index (χ3n) is 5.35. The minimum Gasteiger partial charge on any atom is -0.462 e. The van der Waals surface area contributed by atoms with E-state index in [-0.39, 0.29) is 18.3 Å². The summed E-state index contributed by atoms with van der Waals surface area (Å²) in [6.45, 7) is 6.24. The van der Waals surface area contributed by atoms with Crippen LogP contribution in [0.25, 0.3) is 11.5 Å². The number of nitrogens with zero attached hydrogens (tertiary/aromatic N) is 5. The van der Waals surface area contributed by atoms with Crippen molar-refractivity contribution in [3.05, 3.63) is 63.1 Å². The summed E-state index contributed by atoms with van der Waals surface area (Å²) < 4.78 is 8.68. The van der Waals surface area contributed by atoms with E-state index in [2.05, 4.69) is 20.6 Å². The van der Waals surface area contributed by atoms with Crippen molar-refractivity contribution < 1.29 is 14.3 Å². The zero-order valence-electron chi connectivity index (χ0n) is 20.2. The van der Waals surface area contributed by atoms with E-state index in [0.29, 0.717) is 38.8 Å². The van der Waals surface area contributed by atoms with E-state index in [1.807, 2.05) is 48.7 Å². The van der Waals surface area contributed by atoms with Crippen LogP contribution in [0.3, 0.4) is 0 Å². The molecule has 1 aromatic carbocycles. The third kappa shape index (κ3) is 5.63. The van der Waals surface area contributed by atoms with E-state index >= 15 is 0 Å². The molecule has 0 atom stereocenters. The summed E-state index contributed by atoms with van der Waals surface area (Å²) in [5, 5.41) is 17.4. The Morgan fingerprint density at radius 3 is 2.61 bits per heavy atom. The van der Waals surface area contributed by atoms with Crippen molar-refractivity contribution in [1.82, 2.24) is 24.5 Å². The second-order valence-electron chi connectivity index (χ2n) is 7.92. The minimum atomic E-state index is -0.443. The predicted octanol–water partition coefficient (Wildman–Crippen LogP) is 4.97. The molecule has 0 radical (unpaired) electrons. The number of thioether (sulfide) groups is 1. The van der Waals surface area contributed by atoms with Crippen molar-refractivity contribution >= 4 is 51.6 Å². The van der Waals surface area contributed by atoms with Gasteiger partial charge in [0.05, 0.1) is 29.5 Å². The lowest BCUT2D eigenvalue weighted by Gasteiger charge is -2.10. The Bertz CT molecular complexity index is 1400. The van der Waals surface area contributed by atoms with Gasteiger partial charge in [-0.2, -0.15) is 5.10 Å². The summed E-state index contributed by atoms with van der Waals surface area (Å²) >= 11 is 8.99. The number of hydrogen-bond acceptors (Lipinski definition) is 8. The van der Waals surface area contributed by atoms with Crippen molar-refractivity contribution in [1.29, 1.82) is 0 Å². The molecule has 9 nitrogen and oxygen atoms in total. The summed E-state index contributed by atoms with van der Waals surface area (Å²) in [7, 11) is 1.78. The largest absolute Gasteiger partial charge is 0.462 e. The molecule has 3 heterocycles. The number of thiophene rings is 1. The Morgan fingerprint density at radius 2 is 1.94 bits per heavy atom. The predicted molar refractivity (Wildman–Crippen MR) is 142 cm³/mol. The van der Waals surface area contributed by atoms with E-state index in [1.54, 1.807) is 24.9 Å². The molecule has 0 unspecified atom stereocenters. The van der Waals surface area contributed by atoms with E-state index in [0.717, 1.165) is 16.0 Å². The number of aromatic nitrogens is 5. The number of carbonyl (C=O) groups excluding carboxylic acids is 2. The Morgan fingerprint density at radius 1 is 1.19 bits per heavy atom. The van der Waals surface area contributed by atoms with Gasteiger partial charge in [-0.05, 0) is 31.9 Å². The molecule has 0 saturated heterocycles. The van der Waals surface area contributed by atoms with Crippen molar-refractivity contribution in [2.24, 2.45) is 7.05 Å². The number of ether oxygens (including phenoxy) is 1. The van der Waals surface area contributed by atoms with Crippen molar-refractivity contribution in [3.63, 3.8) is 0 Å². The number of rotatable bonds is 9. The topological polar surface area (TPSA) is 104 Å². The molecule has 188 valence electrons. The van der Waals surface area contributed by atoms with Gasteiger partial charge < -0.3 is 10.1 Å². The van der Waals surface area contributed by atoms with Crippen molar-refractivity contribution in [2.75, 3.05) is 17.7 Å². The van der Waals surface area contributed by atoms with E-state index in [4.69, 9.17) is 16.3 Å². The van der Waals surface area contributed by atoms with Gasteiger partial charge in [0.25, 0.3) is 0 Å². The van der Waals surface area contributed by atoms with Gasteiger partial charge in [-0.1, -0.05) is 53.7 Å². The maximum atomic E-state index is 12.9. The second-order valence-corrected chi connectivity index (χ2v) is 10.5. The van der Waals surface area contributed by atoms with Crippen LogP contribution in [0, 0.1) is 13.8 Å². The number of aryl methyl sites for hydroxylation is 2. The number of anilines is 1. The van der Waals surface area contributed by atoms with Crippen molar-refractivity contribution in [3.8, 4) is 11.5 Å². The highest BCUT2D eigenvalue weighted by atomic mass is 35.5. The highest BCUT2D eigenvalue weighted by Gasteiger charge is 2.23. The lowest BCUT2D eigenvalue weighted by atomic mass is 10.1. The lowest BCUT2D eigenvalue weighted by Crippen LogP contribution is -2.17. The standard InChI is InChI=1S/C24H25ClN6O3S2/c1-5-34-23(33)19-14(2)15(3)36-22(19)26-18(32)13-35-24-28-27-21(20-17(25)12-30(4)29-20)31(24)11-16-9-7-6-8-10-16/h6-10,12H,5,11,13H2,1-4H3,(H,26,32). The molecule has 12 heteroatoms. The normalized spacial score (nSPS) is 11.0. The average molecular weight is 545 g/mol. The van der Waals surface area contributed by atoms with Crippen LogP contribution in [0.15, 0.2) is 41.7 Å². The summed E-state index contributed by atoms with van der Waals surface area (Å²) in [5.41, 5.74) is 2.76. The van der Waals surface area contributed by atoms with Crippen LogP contribution in [0.2, 0.25) is 5.02 Å². The Hall–Kier alpha value is -3.15. The van der Waals surface area contributed by atoms with Crippen LogP contribution in [0.5, 0.6) is 0 Å². The summed E-state index contributed by atoms with van der Waals surface area (Å²) in [6.07, 6.45) is 1.70. The summed E-state index contributed by atoms with van der Waals surface area (Å²) in [4.78, 5) is 26.2. The Balaban J connectivity index is 1.56. The molecule has 0 bridgehead atoms. The van der Waals surface area contributed by atoms with Crippen molar-refractivity contribution in [2.45, 2.75) is 32.5 Å². The molecule has 0 aliphatic carbocycles. The molecule has 36 heavy (non-hydrogen) atoms. The van der Waals surface area contributed by atoms with Gasteiger partial charge in [-0.3, -0.25) is 14.0 Å². The molecule has 1 amide bonds. The number of carbonyl (C=O) groups is 2. The van der Waals surface area contributed by atoms with Gasteiger partial charge in [0.2, 0.25) is 5.91 Å². The highest BCUT2D eigenvalue weighted by molar-refractivity contribution is 7.99. The number of hydrogen-bond donors (Lipinski definition) is 1. The first kappa shape index (κ1) is 25.9. The Kier molecular flexibility index (Phi) is 8.12. The fraction of sp³-hybridized carbons (Fsp3) is 0.292. The van der Waals surface area contributed by atoms with Crippen LogP contribution < -0.4 is 5.32 Å². The monoisotopic (exact) mass is 544 g/mol. The van der Waals surface area contributed by atoms with Crippen LogP contribution in [-0.4, -0.2) is 48.8 Å². The molecule has 0 aliphatic rings. The molecule has 3 aromatic heterocycles. The van der Waals surface area contributed by atoms with Gasteiger partial charge in [-0.25, -0.2) is 4.79 Å². The number of nitrogens with one attached hydrogen (secondary N) is 1. The maximum Gasteiger partial charge on any atom is 0.341 e. The molecule has 1 N–H and O–H groups in total. The van der Waals surface area contributed by atoms with E-state index < -0.39 is 5.97 Å². The molecular weight excluding hydrogens is 520 g/mol. The first-order valence-corrected chi connectivity index (χ1v) is 13.3. The molecule has 4 aromatic rings. The molecule has 0 aliphatic heterocycles. The molecule has 0 spiro atoms. The van der Waals surface area contributed by atoms with E-state index in [1.165, 1.54) is 23.1 Å². The molecular formula is C24H25ClN6O3S2. The van der Waals surface area contributed by atoms with Gasteiger partial charge in [0.1, 0.15) is 10.7 Å². The van der Waals surface area contributed by atoms with Gasteiger partial charge in [-0.15, -0.1) is 21.5 Å². The average Bonchev–Trinajstić information content (AvgIpc) is 3.47. The van der Waals surface area contributed by atoms with Crippen LogP contribution >= 0.6 is 34.7 Å². The smallest absolute Gasteiger partial charge is 0.341 e. The lowest BCUT2D eigenvalue weighted by molar-refractivity contribution is -0.113. The van der Waals surface area contributed by atoms with Crippen LogP contribution in [-0.2, 0) is 23.1 Å². The van der Waals surface area contributed by atoms with Gasteiger partial charge in [0, 0.05) is 18.1 Å². The van der Waals surface area contributed by atoms with E-state index in [9.17, 15) is 9.59 Å². The fourth-order valence-corrected chi connectivity index (χ4v) is 5.61. The SMILES string of the molecule is CCOC(=O)c1c(NC(=O)CSc2nnc(-c3nn(C)cc3Cl)n2Cc2ccccc2)sc(C)c1C. The third-order valence-corrected chi connectivity index (χ3v) is 7.71. The summed E-state index contributed by atoms with van der Waals surface area (Å²) in [5.74, 6) is -0.122. The number of halogens is 1. The Labute approximate surface area is 221 Å². The number of esters is 1. The highest BCUT2D eigenvalue weighted by Crippen LogP contribution is 2.34. The number of benzene rings is 1. The van der Waals surface area contributed by atoms with Crippen LogP contribution in [0.1, 0.15) is 33.3 Å². The maximum absolute atomic E-state index is 12.9. The number of amides is 1. The fourth-order valence-electron chi connectivity index (χ4n) is 3.55. The quantitative estimate of drug-likeness (QED) is 0.234. The first-order chi connectivity index (χ1) is 17.3. The van der Waals surface area contributed by atoms with Crippen LogP contribution in [0.4, 0.5) is 5.00 Å². The second kappa shape index (κ2) is 11.3. The zero-order valence-corrected chi connectivity index (χ0v) is 22.6. The molecule has 0 saturated carbocycles. The first-order valence-electron chi connectivity index (χ1n) is 11.1. The minimum absolute atomic E-state index is 0.0706. The molecule has 0 fully saturated rings. The van der Waals surface area contributed by atoms with Gasteiger partial charge in [0.15, 0.2) is 11.0 Å². The zero-order chi connectivity index (χ0) is 25.8. The molecule has 4 rings (SSSR count).